The molecule has 3 nitrogen and oxygen atoms in total. The van der Waals surface area contributed by atoms with Crippen LogP contribution in [-0.2, 0) is 6.18 Å². The van der Waals surface area contributed by atoms with E-state index in [1.54, 1.807) is 6.92 Å². The average molecular weight is 242 g/mol. The number of nitrogens with one attached hydrogen (secondary N) is 1. The van der Waals surface area contributed by atoms with E-state index in [0.717, 1.165) is 10.7 Å². The fourth-order valence-corrected chi connectivity index (χ4v) is 1.60. The van der Waals surface area contributed by atoms with Crippen LogP contribution in [-0.4, -0.2) is 9.78 Å². The van der Waals surface area contributed by atoms with Crippen molar-refractivity contribution in [1.82, 2.24) is 9.78 Å². The maximum absolute atomic E-state index is 12.7. The molecule has 1 aromatic heterocycles. The number of H-pyrrole nitrogens is 1. The number of halogens is 3. The van der Waals surface area contributed by atoms with Crippen LogP contribution in [0.5, 0.6) is 0 Å². The van der Waals surface area contributed by atoms with Gasteiger partial charge in [-0.15, -0.1) is 0 Å². The summed E-state index contributed by atoms with van der Waals surface area (Å²) in [6.07, 6.45) is -4.49. The Morgan fingerprint density at radius 3 is 2.41 bits per heavy atom. The van der Waals surface area contributed by atoms with Crippen LogP contribution in [0.1, 0.15) is 11.3 Å². The molecule has 0 amide bonds. The molecule has 0 aliphatic rings. The van der Waals surface area contributed by atoms with E-state index in [1.165, 1.54) is 24.3 Å². The van der Waals surface area contributed by atoms with Gasteiger partial charge in [-0.1, -0.05) is 12.1 Å². The molecule has 0 saturated carbocycles. The highest BCUT2D eigenvalue weighted by molar-refractivity contribution is 5.42. The minimum atomic E-state index is -4.49. The van der Waals surface area contributed by atoms with Gasteiger partial charge in [0.1, 0.15) is 0 Å². The van der Waals surface area contributed by atoms with Crippen molar-refractivity contribution in [2.24, 2.45) is 0 Å². The summed E-state index contributed by atoms with van der Waals surface area (Å²) < 4.78 is 39.1. The number of benzene rings is 1. The Kier molecular flexibility index (Phi) is 2.57. The van der Waals surface area contributed by atoms with Crippen LogP contribution in [0.3, 0.4) is 0 Å². The number of alkyl halides is 3. The fraction of sp³-hybridized carbons (Fsp3) is 0.182. The lowest BCUT2D eigenvalue weighted by atomic mass is 10.2. The predicted octanol–water partition coefficient (Wildman–Crippen LogP) is 2.49. The topological polar surface area (TPSA) is 37.8 Å². The molecule has 1 aromatic carbocycles. The van der Waals surface area contributed by atoms with Crippen LogP contribution in [0, 0.1) is 6.92 Å². The normalized spacial score (nSPS) is 11.8. The van der Waals surface area contributed by atoms with E-state index in [9.17, 15) is 18.0 Å². The van der Waals surface area contributed by atoms with Gasteiger partial charge in [0.05, 0.1) is 11.3 Å². The number of aryl methyl sites for hydroxylation is 1. The summed E-state index contributed by atoms with van der Waals surface area (Å²) in [5.74, 6) is 0. The zero-order valence-corrected chi connectivity index (χ0v) is 8.88. The third kappa shape index (κ3) is 2.11. The highest BCUT2D eigenvalue weighted by atomic mass is 19.4. The van der Waals surface area contributed by atoms with Crippen molar-refractivity contribution in [2.75, 3.05) is 0 Å². The Labute approximate surface area is 94.5 Å². The third-order valence-electron chi connectivity index (χ3n) is 2.30. The van der Waals surface area contributed by atoms with E-state index in [2.05, 4.69) is 5.10 Å². The number of para-hydroxylation sites is 1. The molecule has 0 atom stereocenters. The van der Waals surface area contributed by atoms with Gasteiger partial charge >= 0.3 is 6.18 Å². The van der Waals surface area contributed by atoms with E-state index in [-0.39, 0.29) is 5.69 Å². The number of rotatable bonds is 1. The zero-order valence-electron chi connectivity index (χ0n) is 8.88. The number of aromatic nitrogens is 2. The first-order chi connectivity index (χ1) is 7.89. The van der Waals surface area contributed by atoms with Gasteiger partial charge in [0.15, 0.2) is 0 Å². The summed E-state index contributed by atoms with van der Waals surface area (Å²) in [5, 5.41) is 2.58. The van der Waals surface area contributed by atoms with Crippen LogP contribution in [0.25, 0.3) is 5.69 Å². The van der Waals surface area contributed by atoms with Gasteiger partial charge in [-0.25, -0.2) is 4.68 Å². The molecule has 0 aliphatic heterocycles. The largest absolute Gasteiger partial charge is 0.418 e. The van der Waals surface area contributed by atoms with Gasteiger partial charge in [0.2, 0.25) is 0 Å². The first-order valence-electron chi connectivity index (χ1n) is 4.85. The molecule has 90 valence electrons. The SMILES string of the molecule is Cc1cc(=O)n(-c2ccccc2C(F)(F)F)[nH]1. The lowest BCUT2D eigenvalue weighted by Gasteiger charge is -2.12. The fourth-order valence-electron chi connectivity index (χ4n) is 1.60. The molecular weight excluding hydrogens is 233 g/mol. The molecule has 0 aliphatic carbocycles. The first kappa shape index (κ1) is 11.5. The highest BCUT2D eigenvalue weighted by Gasteiger charge is 2.34. The minimum absolute atomic E-state index is 0.196. The smallest absolute Gasteiger partial charge is 0.295 e. The summed E-state index contributed by atoms with van der Waals surface area (Å²) >= 11 is 0. The molecule has 0 spiro atoms. The van der Waals surface area contributed by atoms with E-state index in [0.29, 0.717) is 5.69 Å². The number of aromatic amines is 1. The quantitative estimate of drug-likeness (QED) is 0.819. The molecule has 6 heteroatoms. The second-order valence-electron chi connectivity index (χ2n) is 3.63. The highest BCUT2D eigenvalue weighted by Crippen LogP contribution is 2.32. The molecule has 0 radical (unpaired) electrons. The van der Waals surface area contributed by atoms with Crippen LogP contribution in [0.15, 0.2) is 35.1 Å². The van der Waals surface area contributed by atoms with Gasteiger partial charge in [-0.05, 0) is 19.1 Å². The number of nitrogens with zero attached hydrogens (tertiary/aromatic N) is 1. The van der Waals surface area contributed by atoms with E-state index in [4.69, 9.17) is 0 Å². The van der Waals surface area contributed by atoms with Gasteiger partial charge in [0.25, 0.3) is 5.56 Å². The second kappa shape index (κ2) is 3.80. The maximum atomic E-state index is 12.7. The Morgan fingerprint density at radius 2 is 1.88 bits per heavy atom. The first-order valence-corrected chi connectivity index (χ1v) is 4.85. The van der Waals surface area contributed by atoms with Crippen molar-refractivity contribution in [2.45, 2.75) is 13.1 Å². The zero-order chi connectivity index (χ0) is 12.6. The van der Waals surface area contributed by atoms with Crippen molar-refractivity contribution in [1.29, 1.82) is 0 Å². The van der Waals surface area contributed by atoms with E-state index < -0.39 is 17.3 Å². The Hall–Kier alpha value is -1.98. The van der Waals surface area contributed by atoms with E-state index in [1.807, 2.05) is 0 Å². The summed E-state index contributed by atoms with van der Waals surface area (Å²) in [6, 6.07) is 6.17. The van der Waals surface area contributed by atoms with Gasteiger partial charge in [-0.2, -0.15) is 13.2 Å². The Bertz CT molecular complexity index is 595. The number of hydrogen-bond acceptors (Lipinski definition) is 1. The second-order valence-corrected chi connectivity index (χ2v) is 3.63. The van der Waals surface area contributed by atoms with Crippen molar-refractivity contribution in [3.63, 3.8) is 0 Å². The summed E-state index contributed by atoms with van der Waals surface area (Å²) in [4.78, 5) is 11.5. The van der Waals surface area contributed by atoms with Gasteiger partial charge < -0.3 is 0 Å². The van der Waals surface area contributed by atoms with Crippen molar-refractivity contribution < 1.29 is 13.2 Å². The molecule has 1 N–H and O–H groups in total. The maximum Gasteiger partial charge on any atom is 0.418 e. The average Bonchev–Trinajstić information content (AvgIpc) is 2.56. The minimum Gasteiger partial charge on any atom is -0.295 e. The van der Waals surface area contributed by atoms with Crippen molar-refractivity contribution in [3.8, 4) is 5.69 Å². The van der Waals surface area contributed by atoms with Crippen LogP contribution in [0.2, 0.25) is 0 Å². The van der Waals surface area contributed by atoms with Gasteiger partial charge in [-0.3, -0.25) is 9.89 Å². The molecule has 0 fully saturated rings. The van der Waals surface area contributed by atoms with E-state index >= 15 is 0 Å². The number of hydrogen-bond donors (Lipinski definition) is 1. The van der Waals surface area contributed by atoms with Crippen LogP contribution in [0.4, 0.5) is 13.2 Å². The lowest BCUT2D eigenvalue weighted by Crippen LogP contribution is -2.18. The summed E-state index contributed by atoms with van der Waals surface area (Å²) in [7, 11) is 0. The Morgan fingerprint density at radius 1 is 1.24 bits per heavy atom. The molecule has 17 heavy (non-hydrogen) atoms. The summed E-state index contributed by atoms with van der Waals surface area (Å²) in [5.41, 5.74) is -1.05. The third-order valence-corrected chi connectivity index (χ3v) is 2.30. The van der Waals surface area contributed by atoms with Crippen LogP contribution >= 0.6 is 0 Å². The summed E-state index contributed by atoms with van der Waals surface area (Å²) in [6.45, 7) is 1.61. The van der Waals surface area contributed by atoms with Crippen molar-refractivity contribution >= 4 is 0 Å². The van der Waals surface area contributed by atoms with Crippen molar-refractivity contribution in [3.05, 3.63) is 51.9 Å². The predicted molar refractivity (Wildman–Crippen MR) is 56.1 cm³/mol. The molecular formula is C11H9F3N2O. The monoisotopic (exact) mass is 242 g/mol. The van der Waals surface area contributed by atoms with Crippen LogP contribution < -0.4 is 5.56 Å². The Balaban J connectivity index is 2.68. The molecule has 0 bridgehead atoms. The molecule has 2 rings (SSSR count). The van der Waals surface area contributed by atoms with Gasteiger partial charge in [0, 0.05) is 11.8 Å². The lowest BCUT2D eigenvalue weighted by molar-refractivity contribution is -0.137. The molecule has 2 aromatic rings. The standard InChI is InChI=1S/C11H9F3N2O/c1-7-6-10(17)16(15-7)9-5-3-2-4-8(9)11(12,13)14/h2-6,15H,1H3. The molecule has 0 saturated heterocycles. The molecule has 0 unspecified atom stereocenters. The molecule has 1 heterocycles.